The SMILES string of the molecule is CC[C@@H](C(=O)NCC(C)C)N(Cc1ccc(Cl)cc1)C(=O)CN(c1ccccc1)S(=O)(=O)c1ccc(OC)cc1. The lowest BCUT2D eigenvalue weighted by molar-refractivity contribution is -0.140. The van der Waals surface area contributed by atoms with Crippen LogP contribution in [0.15, 0.2) is 83.8 Å². The first-order valence-corrected chi connectivity index (χ1v) is 14.9. The molecule has 0 heterocycles. The molecule has 0 saturated heterocycles. The number of anilines is 1. The Morgan fingerprint density at radius 1 is 0.950 bits per heavy atom. The number of carbonyl (C=O) groups excluding carboxylic acids is 2. The van der Waals surface area contributed by atoms with Crippen molar-refractivity contribution in [2.24, 2.45) is 5.92 Å². The van der Waals surface area contributed by atoms with Crippen molar-refractivity contribution in [2.75, 3.05) is 24.5 Å². The van der Waals surface area contributed by atoms with Crippen molar-refractivity contribution in [3.63, 3.8) is 0 Å². The maximum absolute atomic E-state index is 14.0. The van der Waals surface area contributed by atoms with Gasteiger partial charge in [0.05, 0.1) is 17.7 Å². The summed E-state index contributed by atoms with van der Waals surface area (Å²) in [7, 11) is -2.65. The van der Waals surface area contributed by atoms with Crippen LogP contribution in [0.1, 0.15) is 32.8 Å². The average molecular weight is 586 g/mol. The summed E-state index contributed by atoms with van der Waals surface area (Å²) in [6.07, 6.45) is 0.347. The van der Waals surface area contributed by atoms with Crippen molar-refractivity contribution in [1.29, 1.82) is 0 Å². The molecule has 10 heteroatoms. The van der Waals surface area contributed by atoms with Gasteiger partial charge in [0.25, 0.3) is 10.0 Å². The normalized spacial score (nSPS) is 12.1. The van der Waals surface area contributed by atoms with Crippen LogP contribution in [0, 0.1) is 5.92 Å². The van der Waals surface area contributed by atoms with E-state index in [2.05, 4.69) is 5.32 Å². The number of sulfonamides is 1. The van der Waals surface area contributed by atoms with Gasteiger partial charge >= 0.3 is 0 Å². The number of ether oxygens (including phenoxy) is 1. The van der Waals surface area contributed by atoms with Gasteiger partial charge in [-0.1, -0.05) is 62.7 Å². The Bertz CT molecular complexity index is 1360. The second kappa shape index (κ2) is 14.2. The van der Waals surface area contributed by atoms with Crippen molar-refractivity contribution in [1.82, 2.24) is 10.2 Å². The number of nitrogens with zero attached hydrogens (tertiary/aromatic N) is 2. The summed E-state index contributed by atoms with van der Waals surface area (Å²) < 4.78 is 34.0. The molecule has 0 fully saturated rings. The average Bonchev–Trinajstić information content (AvgIpc) is 2.95. The minimum atomic E-state index is -4.15. The Morgan fingerprint density at radius 2 is 1.57 bits per heavy atom. The zero-order valence-electron chi connectivity index (χ0n) is 23.2. The molecule has 0 aliphatic heterocycles. The van der Waals surface area contributed by atoms with Gasteiger partial charge in [0, 0.05) is 18.1 Å². The largest absolute Gasteiger partial charge is 0.497 e. The first-order valence-electron chi connectivity index (χ1n) is 13.1. The van der Waals surface area contributed by atoms with E-state index in [-0.39, 0.29) is 23.3 Å². The van der Waals surface area contributed by atoms with Gasteiger partial charge in [0.1, 0.15) is 18.3 Å². The van der Waals surface area contributed by atoms with Crippen molar-refractivity contribution in [3.05, 3.63) is 89.4 Å². The minimum Gasteiger partial charge on any atom is -0.497 e. The minimum absolute atomic E-state index is 0.0101. The third kappa shape index (κ3) is 7.99. The van der Waals surface area contributed by atoms with Gasteiger partial charge in [0.2, 0.25) is 11.8 Å². The highest BCUT2D eigenvalue weighted by atomic mass is 35.5. The van der Waals surface area contributed by atoms with Crippen LogP contribution >= 0.6 is 11.6 Å². The van der Waals surface area contributed by atoms with Crippen LogP contribution < -0.4 is 14.4 Å². The maximum Gasteiger partial charge on any atom is 0.264 e. The van der Waals surface area contributed by atoms with E-state index in [1.807, 2.05) is 20.8 Å². The molecule has 0 bridgehead atoms. The number of nitrogens with one attached hydrogen (secondary N) is 1. The van der Waals surface area contributed by atoms with Gasteiger partial charge in [-0.2, -0.15) is 0 Å². The molecule has 40 heavy (non-hydrogen) atoms. The molecule has 0 saturated carbocycles. The molecule has 1 N–H and O–H groups in total. The molecule has 0 unspecified atom stereocenters. The van der Waals surface area contributed by atoms with Gasteiger partial charge in [-0.05, 0) is 66.4 Å². The zero-order chi connectivity index (χ0) is 29.3. The second-order valence-electron chi connectivity index (χ2n) is 9.73. The molecule has 3 aromatic carbocycles. The standard InChI is InChI=1S/C30H36ClN3O5S/c1-5-28(30(36)32-19-22(2)3)33(20-23-11-13-24(31)14-12-23)29(35)21-34(25-9-7-6-8-10-25)40(37,38)27-17-15-26(39-4)16-18-27/h6-18,22,28H,5,19-21H2,1-4H3,(H,32,36)/t28-/m0/s1. The molecule has 2 amide bonds. The van der Waals surface area contributed by atoms with Crippen LogP contribution in [0.5, 0.6) is 5.75 Å². The summed E-state index contributed by atoms with van der Waals surface area (Å²) in [6.45, 7) is 5.86. The number of halogens is 1. The quantitative estimate of drug-likeness (QED) is 0.300. The van der Waals surface area contributed by atoms with Crippen LogP contribution in [0.3, 0.4) is 0 Å². The van der Waals surface area contributed by atoms with Gasteiger partial charge in [-0.15, -0.1) is 0 Å². The summed E-state index contributed by atoms with van der Waals surface area (Å²) in [5, 5.41) is 3.46. The Kier molecular flexibility index (Phi) is 11.0. The lowest BCUT2D eigenvalue weighted by Crippen LogP contribution is -2.52. The zero-order valence-corrected chi connectivity index (χ0v) is 24.8. The smallest absolute Gasteiger partial charge is 0.264 e. The highest BCUT2D eigenvalue weighted by molar-refractivity contribution is 7.92. The van der Waals surface area contributed by atoms with Crippen molar-refractivity contribution in [2.45, 2.75) is 44.7 Å². The number of carbonyl (C=O) groups is 2. The van der Waals surface area contributed by atoms with Gasteiger partial charge in [0.15, 0.2) is 0 Å². The monoisotopic (exact) mass is 585 g/mol. The van der Waals surface area contributed by atoms with E-state index in [0.717, 1.165) is 9.87 Å². The third-order valence-electron chi connectivity index (χ3n) is 6.31. The van der Waals surface area contributed by atoms with E-state index in [1.54, 1.807) is 66.7 Å². The molecule has 3 aromatic rings. The molecule has 0 aliphatic carbocycles. The van der Waals surface area contributed by atoms with Crippen LogP contribution in [-0.2, 0) is 26.2 Å². The number of para-hydroxylation sites is 1. The molecule has 0 aliphatic rings. The maximum atomic E-state index is 14.0. The van der Waals surface area contributed by atoms with Crippen LogP contribution in [0.25, 0.3) is 0 Å². The fraction of sp³-hybridized carbons (Fsp3) is 0.333. The summed E-state index contributed by atoms with van der Waals surface area (Å²) in [5.74, 6) is -0.0658. The molecule has 0 spiro atoms. The first-order chi connectivity index (χ1) is 19.1. The van der Waals surface area contributed by atoms with Crippen molar-refractivity contribution in [3.8, 4) is 5.75 Å². The number of methoxy groups -OCH3 is 1. The van der Waals surface area contributed by atoms with Gasteiger partial charge < -0.3 is 15.0 Å². The van der Waals surface area contributed by atoms with Crippen LogP contribution in [-0.4, -0.2) is 51.4 Å². The molecular formula is C30H36ClN3O5S. The van der Waals surface area contributed by atoms with E-state index >= 15 is 0 Å². The Hall–Kier alpha value is -3.56. The highest BCUT2D eigenvalue weighted by Gasteiger charge is 2.33. The lowest BCUT2D eigenvalue weighted by atomic mass is 10.1. The Balaban J connectivity index is 2.01. The van der Waals surface area contributed by atoms with E-state index in [9.17, 15) is 18.0 Å². The fourth-order valence-corrected chi connectivity index (χ4v) is 5.67. The van der Waals surface area contributed by atoms with Crippen LogP contribution in [0.2, 0.25) is 5.02 Å². The van der Waals surface area contributed by atoms with Crippen molar-refractivity contribution >= 4 is 39.1 Å². The molecule has 0 aromatic heterocycles. The molecular weight excluding hydrogens is 550 g/mol. The highest BCUT2D eigenvalue weighted by Crippen LogP contribution is 2.26. The predicted molar refractivity (Wildman–Crippen MR) is 158 cm³/mol. The van der Waals surface area contributed by atoms with E-state index in [4.69, 9.17) is 16.3 Å². The van der Waals surface area contributed by atoms with Gasteiger partial charge in [-0.25, -0.2) is 8.42 Å². The lowest BCUT2D eigenvalue weighted by Gasteiger charge is -2.33. The molecule has 8 nitrogen and oxygen atoms in total. The Labute approximate surface area is 241 Å². The van der Waals surface area contributed by atoms with Gasteiger partial charge in [-0.3, -0.25) is 13.9 Å². The molecule has 1 atom stereocenters. The summed E-state index contributed by atoms with van der Waals surface area (Å²) in [5.41, 5.74) is 1.09. The fourth-order valence-electron chi connectivity index (χ4n) is 4.13. The predicted octanol–water partition coefficient (Wildman–Crippen LogP) is 5.12. The first kappa shape index (κ1) is 31.0. The van der Waals surface area contributed by atoms with Crippen LogP contribution in [0.4, 0.5) is 5.69 Å². The molecule has 3 rings (SSSR count). The number of hydrogen-bond acceptors (Lipinski definition) is 5. The summed E-state index contributed by atoms with van der Waals surface area (Å²) in [6, 6.07) is 20.6. The Morgan fingerprint density at radius 3 is 2.12 bits per heavy atom. The second-order valence-corrected chi connectivity index (χ2v) is 12.0. The molecule has 214 valence electrons. The summed E-state index contributed by atoms with van der Waals surface area (Å²) >= 11 is 6.06. The topological polar surface area (TPSA) is 96.0 Å². The number of benzene rings is 3. The van der Waals surface area contributed by atoms with Crippen molar-refractivity contribution < 1.29 is 22.7 Å². The number of rotatable bonds is 13. The van der Waals surface area contributed by atoms with E-state index in [0.29, 0.717) is 29.4 Å². The van der Waals surface area contributed by atoms with E-state index in [1.165, 1.54) is 24.1 Å². The number of hydrogen-bond donors (Lipinski definition) is 1. The summed E-state index contributed by atoms with van der Waals surface area (Å²) in [4.78, 5) is 28.7. The number of amides is 2. The third-order valence-corrected chi connectivity index (χ3v) is 8.35. The molecule has 0 radical (unpaired) electrons. The van der Waals surface area contributed by atoms with E-state index < -0.39 is 28.5 Å².